The highest BCUT2D eigenvalue weighted by molar-refractivity contribution is 6.09. The Morgan fingerprint density at radius 3 is 2.65 bits per heavy atom. The van der Waals surface area contributed by atoms with E-state index in [2.05, 4.69) is 35.1 Å². The van der Waals surface area contributed by atoms with Crippen LogP contribution < -0.4 is 5.32 Å². The highest BCUT2D eigenvalue weighted by Gasteiger charge is 2.28. The molecule has 0 spiro atoms. The second-order valence-corrected chi connectivity index (χ2v) is 8.98. The third-order valence-electron chi connectivity index (χ3n) is 6.89. The molecule has 1 aliphatic carbocycles. The molecule has 0 bridgehead atoms. The zero-order valence-corrected chi connectivity index (χ0v) is 18.6. The van der Waals surface area contributed by atoms with Crippen LogP contribution in [0.4, 0.5) is 14.6 Å². The monoisotopic (exact) mass is 465 g/mol. The molecule has 0 aromatic carbocycles. The average molecular weight is 466 g/mol. The molecule has 4 aromatic rings. The number of rotatable bonds is 4. The van der Waals surface area contributed by atoms with E-state index in [1.165, 1.54) is 24.7 Å². The third-order valence-corrected chi connectivity index (χ3v) is 6.89. The largest absolute Gasteiger partial charge is 0.379 e. The van der Waals surface area contributed by atoms with Crippen LogP contribution in [0, 0.1) is 11.6 Å². The van der Waals surface area contributed by atoms with Crippen LogP contribution in [0.5, 0.6) is 0 Å². The molecule has 8 nitrogen and oxygen atoms in total. The van der Waals surface area contributed by atoms with E-state index in [0.717, 1.165) is 58.2 Å². The van der Waals surface area contributed by atoms with E-state index >= 15 is 0 Å². The Bertz CT molecular complexity index is 1330. The fraction of sp³-hybridized carbons (Fsp3) is 0.417. The van der Waals surface area contributed by atoms with Crippen molar-refractivity contribution in [3.05, 3.63) is 42.5 Å². The molecule has 2 N–H and O–H groups in total. The fourth-order valence-electron chi connectivity index (χ4n) is 5.18. The molecule has 1 saturated carbocycles. The molecular weight excluding hydrogens is 440 g/mol. The van der Waals surface area contributed by atoms with Gasteiger partial charge >= 0.3 is 0 Å². The normalized spacial score (nSPS) is 21.8. The maximum atomic E-state index is 14.8. The molecule has 0 amide bonds. The summed E-state index contributed by atoms with van der Waals surface area (Å²) in [5.74, 6) is -0.431. The number of morpholine rings is 1. The van der Waals surface area contributed by atoms with E-state index in [9.17, 15) is 8.78 Å². The van der Waals surface area contributed by atoms with Gasteiger partial charge < -0.3 is 15.0 Å². The maximum Gasteiger partial charge on any atom is 0.151 e. The van der Waals surface area contributed by atoms with E-state index in [-0.39, 0.29) is 17.3 Å². The van der Waals surface area contributed by atoms with Crippen molar-refractivity contribution >= 4 is 27.9 Å². The maximum absolute atomic E-state index is 14.8. The second-order valence-electron chi connectivity index (χ2n) is 8.98. The van der Waals surface area contributed by atoms with Crippen molar-refractivity contribution in [2.45, 2.75) is 37.8 Å². The van der Waals surface area contributed by atoms with Gasteiger partial charge in [-0.15, -0.1) is 0 Å². The number of aromatic nitrogens is 5. The first-order valence-corrected chi connectivity index (χ1v) is 11.7. The zero-order valence-electron chi connectivity index (χ0n) is 18.6. The van der Waals surface area contributed by atoms with Gasteiger partial charge in [0.2, 0.25) is 0 Å². The number of H-pyrrole nitrogens is 1. The minimum absolute atomic E-state index is 0.0428. The summed E-state index contributed by atoms with van der Waals surface area (Å²) in [6.45, 7) is 3.66. The number of nitrogens with one attached hydrogen (secondary N) is 2. The smallest absolute Gasteiger partial charge is 0.151 e. The van der Waals surface area contributed by atoms with Crippen molar-refractivity contribution in [2.75, 3.05) is 31.6 Å². The number of aromatic amines is 1. The molecule has 2 fully saturated rings. The number of nitrogens with zero attached hydrogens (tertiary/aromatic N) is 5. The molecule has 0 unspecified atom stereocenters. The van der Waals surface area contributed by atoms with Gasteiger partial charge in [-0.05, 0) is 31.7 Å². The summed E-state index contributed by atoms with van der Waals surface area (Å²) >= 11 is 0. The summed E-state index contributed by atoms with van der Waals surface area (Å²) in [4.78, 5) is 22.9. The number of ether oxygens (including phenoxy) is 1. The first kappa shape index (κ1) is 21.3. The Labute approximate surface area is 194 Å². The highest BCUT2D eigenvalue weighted by Crippen LogP contribution is 2.33. The predicted molar refractivity (Wildman–Crippen MR) is 124 cm³/mol. The van der Waals surface area contributed by atoms with E-state index in [1.54, 1.807) is 0 Å². The first-order chi connectivity index (χ1) is 16.7. The Morgan fingerprint density at radius 2 is 1.85 bits per heavy atom. The number of hydrogen-bond donors (Lipinski definition) is 2. The average Bonchev–Trinajstić information content (AvgIpc) is 3.22. The molecule has 176 valence electrons. The zero-order chi connectivity index (χ0) is 23.1. The highest BCUT2D eigenvalue weighted by atomic mass is 19.1. The lowest BCUT2D eigenvalue weighted by Gasteiger charge is -2.39. The Kier molecular flexibility index (Phi) is 5.54. The second kappa shape index (κ2) is 8.84. The van der Waals surface area contributed by atoms with Gasteiger partial charge in [-0.3, -0.25) is 9.88 Å². The quantitative estimate of drug-likeness (QED) is 0.472. The molecule has 10 heteroatoms. The molecule has 6 rings (SSSR count). The Balaban J connectivity index is 1.30. The van der Waals surface area contributed by atoms with Crippen LogP contribution in [0.1, 0.15) is 25.7 Å². The molecule has 5 heterocycles. The van der Waals surface area contributed by atoms with Crippen LogP contribution in [0.15, 0.2) is 30.9 Å². The van der Waals surface area contributed by atoms with Crippen molar-refractivity contribution < 1.29 is 13.5 Å². The van der Waals surface area contributed by atoms with Crippen molar-refractivity contribution in [3.8, 4) is 11.3 Å². The predicted octanol–water partition coefficient (Wildman–Crippen LogP) is 3.90. The van der Waals surface area contributed by atoms with Gasteiger partial charge in [-0.25, -0.2) is 23.7 Å². The van der Waals surface area contributed by atoms with Crippen LogP contribution in [0.3, 0.4) is 0 Å². The molecule has 1 saturated heterocycles. The lowest BCUT2D eigenvalue weighted by Crippen LogP contribution is -2.46. The van der Waals surface area contributed by atoms with Crippen molar-refractivity contribution in [2.24, 2.45) is 0 Å². The summed E-state index contributed by atoms with van der Waals surface area (Å²) in [5, 5.41) is 4.30. The Morgan fingerprint density at radius 1 is 1.03 bits per heavy atom. The van der Waals surface area contributed by atoms with Crippen LogP contribution in [0.2, 0.25) is 0 Å². The van der Waals surface area contributed by atoms with Crippen molar-refractivity contribution in [3.63, 3.8) is 0 Å². The summed E-state index contributed by atoms with van der Waals surface area (Å²) in [6, 6.07) is 3.48. The van der Waals surface area contributed by atoms with Crippen molar-refractivity contribution in [1.82, 2.24) is 29.8 Å². The van der Waals surface area contributed by atoms with Gasteiger partial charge in [0.15, 0.2) is 5.82 Å². The number of halogens is 2. The van der Waals surface area contributed by atoms with Crippen LogP contribution in [0.25, 0.3) is 33.3 Å². The van der Waals surface area contributed by atoms with Gasteiger partial charge in [-0.2, -0.15) is 0 Å². The molecule has 1 aliphatic heterocycles. The lowest BCUT2D eigenvalue weighted by molar-refractivity contribution is 0.00791. The molecule has 2 aliphatic rings. The van der Waals surface area contributed by atoms with E-state index in [0.29, 0.717) is 33.9 Å². The lowest BCUT2D eigenvalue weighted by atomic mass is 9.90. The third kappa shape index (κ3) is 3.97. The van der Waals surface area contributed by atoms with Crippen LogP contribution in [-0.4, -0.2) is 68.2 Å². The van der Waals surface area contributed by atoms with E-state index in [4.69, 9.17) is 4.74 Å². The van der Waals surface area contributed by atoms with E-state index in [1.807, 2.05) is 0 Å². The topological polar surface area (TPSA) is 91.8 Å². The minimum atomic E-state index is -0.560. The van der Waals surface area contributed by atoms with Crippen LogP contribution >= 0.6 is 0 Å². The van der Waals surface area contributed by atoms with Gasteiger partial charge in [0.1, 0.15) is 34.8 Å². The van der Waals surface area contributed by atoms with Gasteiger partial charge in [0.25, 0.3) is 0 Å². The summed E-state index contributed by atoms with van der Waals surface area (Å²) in [7, 11) is 0. The number of hydrogen-bond acceptors (Lipinski definition) is 7. The summed E-state index contributed by atoms with van der Waals surface area (Å²) in [6.07, 6.45) is 8.30. The molecule has 0 atom stereocenters. The summed E-state index contributed by atoms with van der Waals surface area (Å²) < 4.78 is 34.0. The van der Waals surface area contributed by atoms with Gasteiger partial charge in [0, 0.05) is 43.0 Å². The minimum Gasteiger partial charge on any atom is -0.379 e. The van der Waals surface area contributed by atoms with Gasteiger partial charge in [0.05, 0.1) is 30.3 Å². The standard InChI is InChI=1S/C24H25F2N7O/c25-15-9-14(11-27-12-15)21-18(26)10-19-22(32-21)20-23(28-13-29-24(20)31-19)30-16-1-3-17(4-2-16)33-5-7-34-8-6-33/h9-13,16-17H,1-8H2,(H2,28,29,30,31). The Hall–Kier alpha value is -3.24. The molecular formula is C24H25F2N7O. The molecule has 0 radical (unpaired) electrons. The van der Waals surface area contributed by atoms with Crippen LogP contribution in [-0.2, 0) is 4.74 Å². The molecule has 4 aromatic heterocycles. The van der Waals surface area contributed by atoms with Crippen molar-refractivity contribution in [1.29, 1.82) is 0 Å². The summed E-state index contributed by atoms with van der Waals surface area (Å²) in [5.41, 5.74) is 1.96. The number of anilines is 1. The van der Waals surface area contributed by atoms with Gasteiger partial charge in [-0.1, -0.05) is 0 Å². The SMILES string of the molecule is Fc1cncc(-c2nc3c(cc2F)[nH]c2ncnc(NC4CCC(N5CCOCC5)CC4)c23)c1. The fourth-order valence-corrected chi connectivity index (χ4v) is 5.18. The first-order valence-electron chi connectivity index (χ1n) is 11.7. The number of fused-ring (bicyclic) bond motifs is 3. The van der Waals surface area contributed by atoms with E-state index < -0.39 is 11.6 Å². The molecule has 34 heavy (non-hydrogen) atoms. The number of pyridine rings is 2.